The molecule has 0 radical (unpaired) electrons. The number of rotatable bonds is 6. The van der Waals surface area contributed by atoms with Gasteiger partial charge in [-0.05, 0) is 24.8 Å². The molecule has 0 aromatic heterocycles. The number of carbonyl (C=O) groups excluding carboxylic acids is 1. The van der Waals surface area contributed by atoms with E-state index in [1.54, 1.807) is 0 Å². The molecule has 0 N–H and O–H groups in total. The molecule has 1 unspecified atom stereocenters. The SMILES string of the molecule is CCCCC(C)C=C(C)C(=O)CC. The first-order chi connectivity index (χ1) is 6.11. The highest BCUT2D eigenvalue weighted by Crippen LogP contribution is 2.12. The number of carbonyl (C=O) groups is 1. The van der Waals surface area contributed by atoms with Crippen LogP contribution >= 0.6 is 0 Å². The van der Waals surface area contributed by atoms with Crippen LogP contribution in [-0.4, -0.2) is 5.78 Å². The van der Waals surface area contributed by atoms with Crippen molar-refractivity contribution in [3.8, 4) is 0 Å². The Morgan fingerprint density at radius 1 is 1.38 bits per heavy atom. The number of hydrogen-bond acceptors (Lipinski definition) is 1. The summed E-state index contributed by atoms with van der Waals surface area (Å²) in [5.74, 6) is 0.832. The molecule has 1 atom stereocenters. The number of ketones is 1. The van der Waals surface area contributed by atoms with Crippen molar-refractivity contribution in [2.24, 2.45) is 5.92 Å². The van der Waals surface area contributed by atoms with Crippen molar-refractivity contribution in [1.82, 2.24) is 0 Å². The molecule has 0 fully saturated rings. The lowest BCUT2D eigenvalue weighted by molar-refractivity contribution is -0.115. The van der Waals surface area contributed by atoms with Crippen LogP contribution in [0.2, 0.25) is 0 Å². The fourth-order valence-electron chi connectivity index (χ4n) is 1.41. The quantitative estimate of drug-likeness (QED) is 0.572. The van der Waals surface area contributed by atoms with Gasteiger partial charge in [-0.15, -0.1) is 0 Å². The summed E-state index contributed by atoms with van der Waals surface area (Å²) in [6, 6.07) is 0. The van der Waals surface area contributed by atoms with Gasteiger partial charge in [-0.2, -0.15) is 0 Å². The summed E-state index contributed by atoms with van der Waals surface area (Å²) in [7, 11) is 0. The first kappa shape index (κ1) is 12.4. The predicted octanol–water partition coefficient (Wildman–Crippen LogP) is 3.74. The fraction of sp³-hybridized carbons (Fsp3) is 0.750. The molecule has 1 nitrogen and oxygen atoms in total. The third-order valence-corrected chi connectivity index (χ3v) is 2.31. The van der Waals surface area contributed by atoms with Crippen LogP contribution in [0.5, 0.6) is 0 Å². The smallest absolute Gasteiger partial charge is 0.157 e. The highest BCUT2D eigenvalue weighted by molar-refractivity contribution is 5.94. The van der Waals surface area contributed by atoms with Crippen LogP contribution in [0.4, 0.5) is 0 Å². The maximum Gasteiger partial charge on any atom is 0.157 e. The second kappa shape index (κ2) is 6.88. The van der Waals surface area contributed by atoms with Gasteiger partial charge < -0.3 is 0 Å². The van der Waals surface area contributed by atoms with Crippen molar-refractivity contribution in [1.29, 1.82) is 0 Å². The van der Waals surface area contributed by atoms with Crippen LogP contribution in [0.1, 0.15) is 53.4 Å². The van der Waals surface area contributed by atoms with E-state index in [2.05, 4.69) is 19.9 Å². The molecule has 0 aliphatic heterocycles. The Hall–Kier alpha value is -0.590. The van der Waals surface area contributed by atoms with Gasteiger partial charge in [0.25, 0.3) is 0 Å². The third kappa shape index (κ3) is 5.62. The second-order valence-electron chi connectivity index (χ2n) is 3.75. The van der Waals surface area contributed by atoms with Gasteiger partial charge >= 0.3 is 0 Å². The molecule has 0 aromatic carbocycles. The highest BCUT2D eigenvalue weighted by Gasteiger charge is 2.03. The van der Waals surface area contributed by atoms with E-state index in [9.17, 15) is 4.79 Å². The van der Waals surface area contributed by atoms with E-state index in [0.29, 0.717) is 12.3 Å². The molecular weight excluding hydrogens is 160 g/mol. The summed E-state index contributed by atoms with van der Waals surface area (Å²) < 4.78 is 0. The summed E-state index contributed by atoms with van der Waals surface area (Å²) in [6.45, 7) is 8.22. The first-order valence-corrected chi connectivity index (χ1v) is 5.33. The van der Waals surface area contributed by atoms with Crippen LogP contribution in [-0.2, 0) is 4.79 Å². The van der Waals surface area contributed by atoms with Crippen LogP contribution in [0, 0.1) is 5.92 Å². The maximum absolute atomic E-state index is 11.3. The van der Waals surface area contributed by atoms with E-state index < -0.39 is 0 Å². The molecule has 0 aliphatic rings. The molecule has 0 heterocycles. The zero-order valence-corrected chi connectivity index (χ0v) is 9.39. The van der Waals surface area contributed by atoms with Gasteiger partial charge in [-0.3, -0.25) is 4.79 Å². The number of hydrogen-bond donors (Lipinski definition) is 0. The topological polar surface area (TPSA) is 17.1 Å². The summed E-state index contributed by atoms with van der Waals surface area (Å²) in [4.78, 5) is 11.3. The Morgan fingerprint density at radius 3 is 2.46 bits per heavy atom. The van der Waals surface area contributed by atoms with Gasteiger partial charge in [-0.1, -0.05) is 39.7 Å². The van der Waals surface area contributed by atoms with Crippen molar-refractivity contribution < 1.29 is 4.79 Å². The van der Waals surface area contributed by atoms with Gasteiger partial charge in [0.05, 0.1) is 0 Å². The molecule has 13 heavy (non-hydrogen) atoms. The van der Waals surface area contributed by atoms with Crippen molar-refractivity contribution in [3.05, 3.63) is 11.6 Å². The van der Waals surface area contributed by atoms with Gasteiger partial charge in [0.15, 0.2) is 5.78 Å². The van der Waals surface area contributed by atoms with Gasteiger partial charge in [0.2, 0.25) is 0 Å². The van der Waals surface area contributed by atoms with Gasteiger partial charge in [0, 0.05) is 6.42 Å². The monoisotopic (exact) mass is 182 g/mol. The van der Waals surface area contributed by atoms with Gasteiger partial charge in [-0.25, -0.2) is 0 Å². The third-order valence-electron chi connectivity index (χ3n) is 2.31. The molecule has 0 aliphatic carbocycles. The highest BCUT2D eigenvalue weighted by atomic mass is 16.1. The average molecular weight is 182 g/mol. The minimum atomic E-state index is 0.281. The Balaban J connectivity index is 3.97. The van der Waals surface area contributed by atoms with Crippen LogP contribution < -0.4 is 0 Å². The largest absolute Gasteiger partial charge is 0.295 e. The molecular formula is C12H22O. The zero-order chi connectivity index (χ0) is 10.3. The molecule has 0 saturated heterocycles. The Kier molecular flexibility index (Phi) is 6.56. The predicted molar refractivity (Wildman–Crippen MR) is 57.7 cm³/mol. The summed E-state index contributed by atoms with van der Waals surface area (Å²) in [5.41, 5.74) is 0.936. The summed E-state index contributed by atoms with van der Waals surface area (Å²) in [5, 5.41) is 0. The molecule has 0 spiro atoms. The minimum Gasteiger partial charge on any atom is -0.295 e. The van der Waals surface area contributed by atoms with Crippen molar-refractivity contribution in [3.63, 3.8) is 0 Å². The van der Waals surface area contributed by atoms with E-state index in [1.807, 2.05) is 13.8 Å². The number of Topliss-reactive ketones (excluding diaryl/α,β-unsaturated/α-hetero) is 1. The lowest BCUT2D eigenvalue weighted by Gasteiger charge is -2.06. The Bertz CT molecular complexity index is 180. The molecule has 0 aromatic rings. The van der Waals surface area contributed by atoms with Gasteiger partial charge in [0.1, 0.15) is 0 Å². The minimum absolute atomic E-state index is 0.281. The molecule has 76 valence electrons. The van der Waals surface area contributed by atoms with Crippen molar-refractivity contribution in [2.75, 3.05) is 0 Å². The van der Waals surface area contributed by atoms with E-state index in [4.69, 9.17) is 0 Å². The Labute approximate surface area is 82.2 Å². The second-order valence-corrected chi connectivity index (χ2v) is 3.75. The van der Waals surface area contributed by atoms with E-state index >= 15 is 0 Å². The standard InChI is InChI=1S/C12H22O/c1-5-7-8-10(3)9-11(4)12(13)6-2/h9-10H,5-8H2,1-4H3. The normalized spacial score (nSPS) is 14.3. The molecule has 0 saturated carbocycles. The van der Waals surface area contributed by atoms with E-state index in [1.165, 1.54) is 19.3 Å². The molecule has 0 bridgehead atoms. The lowest BCUT2D eigenvalue weighted by atomic mass is 9.99. The zero-order valence-electron chi connectivity index (χ0n) is 9.39. The molecule has 0 rings (SSSR count). The Morgan fingerprint density at radius 2 is 2.00 bits per heavy atom. The molecule has 0 amide bonds. The van der Waals surface area contributed by atoms with Crippen LogP contribution in [0.25, 0.3) is 0 Å². The first-order valence-electron chi connectivity index (χ1n) is 5.33. The van der Waals surface area contributed by atoms with E-state index in [0.717, 1.165) is 5.57 Å². The number of allylic oxidation sites excluding steroid dienone is 2. The summed E-state index contributed by atoms with van der Waals surface area (Å²) >= 11 is 0. The molecule has 1 heteroatoms. The van der Waals surface area contributed by atoms with E-state index in [-0.39, 0.29) is 5.78 Å². The number of unbranched alkanes of at least 4 members (excludes halogenated alkanes) is 1. The van der Waals surface area contributed by atoms with Crippen molar-refractivity contribution >= 4 is 5.78 Å². The van der Waals surface area contributed by atoms with Crippen LogP contribution in [0.3, 0.4) is 0 Å². The fourth-order valence-corrected chi connectivity index (χ4v) is 1.41. The lowest BCUT2D eigenvalue weighted by Crippen LogP contribution is -2.00. The van der Waals surface area contributed by atoms with Crippen molar-refractivity contribution in [2.45, 2.75) is 53.4 Å². The summed E-state index contributed by atoms with van der Waals surface area (Å²) in [6.07, 6.45) is 6.43. The average Bonchev–Trinajstić information content (AvgIpc) is 2.13. The maximum atomic E-state index is 11.3. The van der Waals surface area contributed by atoms with Crippen LogP contribution in [0.15, 0.2) is 11.6 Å².